The Morgan fingerprint density at radius 2 is 2.37 bits per heavy atom. The molecule has 0 radical (unpaired) electrons. The van der Waals surface area contributed by atoms with Gasteiger partial charge in [-0.05, 0) is 17.7 Å². The molecule has 0 aliphatic carbocycles. The predicted molar refractivity (Wildman–Crippen MR) is 65.0 cm³/mol. The van der Waals surface area contributed by atoms with Gasteiger partial charge in [-0.25, -0.2) is 4.39 Å². The highest BCUT2D eigenvalue weighted by molar-refractivity contribution is 5.91. The van der Waals surface area contributed by atoms with Crippen molar-refractivity contribution in [2.75, 3.05) is 13.7 Å². The number of rotatable bonds is 5. The molecule has 2 rings (SSSR count). The van der Waals surface area contributed by atoms with E-state index < -0.39 is 12.0 Å². The van der Waals surface area contributed by atoms with Gasteiger partial charge in [0.2, 0.25) is 5.76 Å². The van der Waals surface area contributed by atoms with Gasteiger partial charge in [-0.1, -0.05) is 17.3 Å². The molecule has 1 N–H and O–H groups in total. The van der Waals surface area contributed by atoms with E-state index in [1.54, 1.807) is 12.1 Å². The van der Waals surface area contributed by atoms with Crippen molar-refractivity contribution in [2.24, 2.45) is 0 Å². The van der Waals surface area contributed by atoms with E-state index in [2.05, 4.69) is 10.5 Å². The molecule has 1 aromatic heterocycles. The number of halogens is 1. The molecule has 1 heterocycles. The summed E-state index contributed by atoms with van der Waals surface area (Å²) >= 11 is 0. The second-order valence-corrected chi connectivity index (χ2v) is 3.87. The van der Waals surface area contributed by atoms with Gasteiger partial charge in [-0.3, -0.25) is 4.79 Å². The Morgan fingerprint density at radius 1 is 1.53 bits per heavy atom. The van der Waals surface area contributed by atoms with E-state index in [9.17, 15) is 9.18 Å². The SMILES string of the molecule is CO[C@H](CNC(=O)c1ccno1)c1cccc(F)c1. The fraction of sp³-hybridized carbons (Fsp3) is 0.231. The lowest BCUT2D eigenvalue weighted by molar-refractivity contribution is 0.0800. The number of ether oxygens (including phenoxy) is 1. The van der Waals surface area contributed by atoms with Crippen LogP contribution in [0.15, 0.2) is 41.1 Å². The van der Waals surface area contributed by atoms with E-state index in [1.807, 2.05) is 0 Å². The molecule has 0 aliphatic heterocycles. The van der Waals surface area contributed by atoms with Crippen LogP contribution in [0.4, 0.5) is 4.39 Å². The van der Waals surface area contributed by atoms with Gasteiger partial charge in [0.15, 0.2) is 0 Å². The minimum absolute atomic E-state index is 0.120. The molecule has 100 valence electrons. The number of nitrogens with zero attached hydrogens (tertiary/aromatic N) is 1. The molecule has 5 nitrogen and oxygen atoms in total. The summed E-state index contributed by atoms with van der Waals surface area (Å²) in [6.45, 7) is 0.208. The van der Waals surface area contributed by atoms with E-state index in [0.29, 0.717) is 5.56 Å². The number of hydrogen-bond donors (Lipinski definition) is 1. The van der Waals surface area contributed by atoms with Crippen molar-refractivity contribution in [3.8, 4) is 0 Å². The number of methoxy groups -OCH3 is 1. The average Bonchev–Trinajstić information content (AvgIpc) is 2.93. The Bertz CT molecular complexity index is 543. The van der Waals surface area contributed by atoms with Gasteiger partial charge in [0.05, 0.1) is 12.3 Å². The monoisotopic (exact) mass is 264 g/mol. The number of nitrogens with one attached hydrogen (secondary N) is 1. The smallest absolute Gasteiger partial charge is 0.289 e. The van der Waals surface area contributed by atoms with Crippen molar-refractivity contribution in [3.63, 3.8) is 0 Å². The van der Waals surface area contributed by atoms with Crippen LogP contribution in [-0.2, 0) is 4.74 Å². The summed E-state index contributed by atoms with van der Waals surface area (Å²) < 4.78 is 23.1. The topological polar surface area (TPSA) is 64.4 Å². The quantitative estimate of drug-likeness (QED) is 0.896. The van der Waals surface area contributed by atoms with Crippen LogP contribution in [0, 0.1) is 5.82 Å². The molecule has 0 fully saturated rings. The Morgan fingerprint density at radius 3 is 3.00 bits per heavy atom. The number of benzene rings is 1. The normalized spacial score (nSPS) is 12.1. The van der Waals surface area contributed by atoms with Crippen LogP contribution in [0.5, 0.6) is 0 Å². The largest absolute Gasteiger partial charge is 0.375 e. The van der Waals surface area contributed by atoms with Gasteiger partial charge >= 0.3 is 0 Å². The summed E-state index contributed by atoms with van der Waals surface area (Å²) in [5, 5.41) is 6.08. The first-order chi connectivity index (χ1) is 9.20. The van der Waals surface area contributed by atoms with E-state index in [0.717, 1.165) is 0 Å². The molecular weight excluding hydrogens is 251 g/mol. The molecular formula is C13H13FN2O3. The molecule has 0 saturated heterocycles. The molecule has 0 spiro atoms. The maximum absolute atomic E-state index is 13.1. The maximum atomic E-state index is 13.1. The molecule has 1 aromatic carbocycles. The minimum atomic E-state index is -0.428. The summed E-state index contributed by atoms with van der Waals surface area (Å²) in [4.78, 5) is 11.6. The second-order valence-electron chi connectivity index (χ2n) is 3.87. The highest BCUT2D eigenvalue weighted by atomic mass is 19.1. The fourth-order valence-corrected chi connectivity index (χ4v) is 1.65. The summed E-state index contributed by atoms with van der Waals surface area (Å²) in [6, 6.07) is 7.50. The van der Waals surface area contributed by atoms with Gasteiger partial charge < -0.3 is 14.6 Å². The maximum Gasteiger partial charge on any atom is 0.289 e. The Balaban J connectivity index is 1.98. The Kier molecular flexibility index (Phi) is 4.25. The predicted octanol–water partition coefficient (Wildman–Crippen LogP) is 1.93. The van der Waals surface area contributed by atoms with Crippen molar-refractivity contribution in [1.29, 1.82) is 0 Å². The molecule has 1 amide bonds. The van der Waals surface area contributed by atoms with Crippen LogP contribution >= 0.6 is 0 Å². The van der Waals surface area contributed by atoms with Gasteiger partial charge in [0, 0.05) is 19.7 Å². The van der Waals surface area contributed by atoms with Crippen molar-refractivity contribution in [1.82, 2.24) is 10.5 Å². The zero-order valence-corrected chi connectivity index (χ0v) is 10.3. The molecule has 0 aliphatic rings. The van der Waals surface area contributed by atoms with Crippen LogP contribution < -0.4 is 5.32 Å². The lowest BCUT2D eigenvalue weighted by atomic mass is 10.1. The number of carbonyl (C=O) groups excluding carboxylic acids is 1. The van der Waals surface area contributed by atoms with E-state index >= 15 is 0 Å². The fourth-order valence-electron chi connectivity index (χ4n) is 1.65. The highest BCUT2D eigenvalue weighted by Crippen LogP contribution is 2.16. The number of carbonyl (C=O) groups is 1. The average molecular weight is 264 g/mol. The zero-order chi connectivity index (χ0) is 13.7. The van der Waals surface area contributed by atoms with Crippen LogP contribution in [-0.4, -0.2) is 24.7 Å². The summed E-state index contributed by atoms with van der Waals surface area (Å²) in [6.07, 6.45) is 0.956. The van der Waals surface area contributed by atoms with Crippen molar-refractivity contribution in [2.45, 2.75) is 6.10 Å². The third-order valence-electron chi connectivity index (χ3n) is 2.61. The van der Waals surface area contributed by atoms with Gasteiger partial charge in [0.1, 0.15) is 5.82 Å². The lowest BCUT2D eigenvalue weighted by Crippen LogP contribution is -2.28. The van der Waals surface area contributed by atoms with Gasteiger partial charge in [-0.15, -0.1) is 0 Å². The first kappa shape index (κ1) is 13.2. The third-order valence-corrected chi connectivity index (χ3v) is 2.61. The number of amides is 1. The van der Waals surface area contributed by atoms with E-state index in [-0.39, 0.29) is 18.1 Å². The van der Waals surface area contributed by atoms with Crippen molar-refractivity contribution in [3.05, 3.63) is 53.7 Å². The Labute approximate surface area is 109 Å². The van der Waals surface area contributed by atoms with Gasteiger partial charge in [-0.2, -0.15) is 0 Å². The van der Waals surface area contributed by atoms with Crippen LogP contribution in [0.3, 0.4) is 0 Å². The lowest BCUT2D eigenvalue weighted by Gasteiger charge is -2.16. The molecule has 1 atom stereocenters. The van der Waals surface area contributed by atoms with E-state index in [1.165, 1.54) is 31.5 Å². The first-order valence-corrected chi connectivity index (χ1v) is 5.68. The van der Waals surface area contributed by atoms with Crippen LogP contribution in [0.2, 0.25) is 0 Å². The summed E-state index contributed by atoms with van der Waals surface area (Å²) in [5.74, 6) is -0.619. The van der Waals surface area contributed by atoms with Crippen LogP contribution in [0.25, 0.3) is 0 Å². The zero-order valence-electron chi connectivity index (χ0n) is 10.3. The number of hydrogen-bond acceptors (Lipinski definition) is 4. The molecule has 6 heteroatoms. The summed E-state index contributed by atoms with van der Waals surface area (Å²) in [5.41, 5.74) is 0.653. The summed E-state index contributed by atoms with van der Waals surface area (Å²) in [7, 11) is 1.50. The standard InChI is InChI=1S/C13H13FN2O3/c1-18-12(9-3-2-4-10(14)7-9)8-15-13(17)11-5-6-16-19-11/h2-7,12H,8H2,1H3,(H,15,17)/t12-/m1/s1. The van der Waals surface area contributed by atoms with Crippen molar-refractivity contribution < 1.29 is 18.4 Å². The molecule has 2 aromatic rings. The minimum Gasteiger partial charge on any atom is -0.375 e. The van der Waals surface area contributed by atoms with Crippen molar-refractivity contribution >= 4 is 5.91 Å². The molecule has 0 unspecified atom stereocenters. The molecule has 0 bridgehead atoms. The second kappa shape index (κ2) is 6.10. The van der Waals surface area contributed by atoms with Crippen LogP contribution in [0.1, 0.15) is 22.2 Å². The number of aromatic nitrogens is 1. The third kappa shape index (κ3) is 3.38. The Hall–Kier alpha value is -2.21. The van der Waals surface area contributed by atoms with E-state index in [4.69, 9.17) is 9.26 Å². The molecule has 0 saturated carbocycles. The highest BCUT2D eigenvalue weighted by Gasteiger charge is 2.15. The molecule has 19 heavy (non-hydrogen) atoms. The first-order valence-electron chi connectivity index (χ1n) is 5.68. The van der Waals surface area contributed by atoms with Gasteiger partial charge in [0.25, 0.3) is 5.91 Å².